The highest BCUT2D eigenvalue weighted by Gasteiger charge is 2.23. The molecule has 0 bridgehead atoms. The predicted molar refractivity (Wildman–Crippen MR) is 133 cm³/mol. The normalized spacial score (nSPS) is 14.4. The second-order valence-electron chi connectivity index (χ2n) is 7.71. The number of halogens is 2. The fourth-order valence-electron chi connectivity index (χ4n) is 3.81. The molecule has 1 atom stereocenters. The molecule has 3 aromatic rings. The highest BCUT2D eigenvalue weighted by molar-refractivity contribution is 6.33. The number of fused-ring (bicyclic) bond motifs is 1. The summed E-state index contributed by atoms with van der Waals surface area (Å²) in [5.41, 5.74) is 8.99. The number of hydrazone groups is 1. The van der Waals surface area contributed by atoms with Crippen LogP contribution in [0.3, 0.4) is 0 Å². The molecule has 0 saturated carbocycles. The number of piperidine rings is 1. The smallest absolute Gasteiger partial charge is 0.263 e. The van der Waals surface area contributed by atoms with E-state index in [1.54, 1.807) is 19.2 Å². The van der Waals surface area contributed by atoms with Gasteiger partial charge in [0.25, 0.3) is 5.91 Å². The molecule has 8 nitrogen and oxygen atoms in total. The molecule has 2 heterocycles. The minimum Gasteiger partial charge on any atom is -0.481 e. The van der Waals surface area contributed by atoms with Crippen LogP contribution in [0.2, 0.25) is 5.02 Å². The Balaban J connectivity index is 0.000000588. The summed E-state index contributed by atoms with van der Waals surface area (Å²) in [5, 5.41) is 4.38. The SMILES string of the molecule is CC(Oc1ccc2c(-c3ccc(F)cc3Cl)ccnc2c1)C(=O)N1CCCCC1.N/C=N\NN. The minimum atomic E-state index is -0.555. The Morgan fingerprint density at radius 2 is 1.97 bits per heavy atom. The average molecular weight is 487 g/mol. The van der Waals surface area contributed by atoms with Crippen LogP contribution >= 0.6 is 11.6 Å². The zero-order valence-corrected chi connectivity index (χ0v) is 19.6. The fourth-order valence-corrected chi connectivity index (χ4v) is 4.08. The Labute approximate surface area is 202 Å². The molecule has 1 saturated heterocycles. The maximum Gasteiger partial charge on any atom is 0.263 e. The molecule has 5 N–H and O–H groups in total. The first-order chi connectivity index (χ1) is 16.4. The average Bonchev–Trinajstić information content (AvgIpc) is 2.84. The molecule has 180 valence electrons. The molecule has 0 spiro atoms. The van der Waals surface area contributed by atoms with E-state index in [4.69, 9.17) is 22.1 Å². The molecular formula is C24H28ClFN6O2. The molecule has 0 aliphatic carbocycles. The van der Waals surface area contributed by atoms with Gasteiger partial charge in [0.05, 0.1) is 10.5 Å². The van der Waals surface area contributed by atoms with Crippen LogP contribution in [0.1, 0.15) is 26.2 Å². The summed E-state index contributed by atoms with van der Waals surface area (Å²) < 4.78 is 19.3. The molecular weight excluding hydrogens is 459 g/mol. The van der Waals surface area contributed by atoms with Crippen LogP contribution in [-0.4, -0.2) is 41.3 Å². The molecule has 0 radical (unpaired) electrons. The van der Waals surface area contributed by atoms with Crippen molar-refractivity contribution in [2.45, 2.75) is 32.3 Å². The van der Waals surface area contributed by atoms with Crippen LogP contribution in [0, 0.1) is 5.82 Å². The number of benzene rings is 2. The first kappa shape index (κ1) is 25.2. The molecule has 4 rings (SSSR count). The number of amides is 1. The summed E-state index contributed by atoms with van der Waals surface area (Å²) in [7, 11) is 0. The van der Waals surface area contributed by atoms with Crippen molar-refractivity contribution in [3.05, 3.63) is 59.5 Å². The maximum atomic E-state index is 13.4. The van der Waals surface area contributed by atoms with E-state index in [0.29, 0.717) is 10.8 Å². The second kappa shape index (κ2) is 12.2. The van der Waals surface area contributed by atoms with Crippen molar-refractivity contribution in [3.8, 4) is 16.9 Å². The predicted octanol–water partition coefficient (Wildman–Crippen LogP) is 3.83. The molecule has 1 unspecified atom stereocenters. The Bertz CT molecular complexity index is 1150. The minimum absolute atomic E-state index is 0.0181. The van der Waals surface area contributed by atoms with E-state index < -0.39 is 6.10 Å². The lowest BCUT2D eigenvalue weighted by molar-refractivity contribution is -0.138. The van der Waals surface area contributed by atoms with Gasteiger partial charge < -0.3 is 15.4 Å². The van der Waals surface area contributed by atoms with E-state index in [2.05, 4.69) is 15.9 Å². The summed E-state index contributed by atoms with van der Waals surface area (Å²) in [6, 6.07) is 11.7. The van der Waals surface area contributed by atoms with E-state index >= 15 is 0 Å². The molecule has 2 aromatic carbocycles. The number of nitrogens with one attached hydrogen (secondary N) is 1. The number of nitrogens with two attached hydrogens (primary N) is 2. The number of rotatable bonds is 5. The molecule has 1 aromatic heterocycles. The fraction of sp³-hybridized carbons (Fsp3) is 0.292. The van der Waals surface area contributed by atoms with Gasteiger partial charge in [-0.15, -0.1) is 0 Å². The largest absolute Gasteiger partial charge is 0.481 e. The quantitative estimate of drug-likeness (QED) is 0.218. The lowest BCUT2D eigenvalue weighted by atomic mass is 10.0. The Morgan fingerprint density at radius 3 is 2.62 bits per heavy atom. The van der Waals surface area contributed by atoms with Crippen LogP contribution < -0.4 is 21.8 Å². The molecule has 1 fully saturated rings. The topological polar surface area (TPSA) is 119 Å². The van der Waals surface area contributed by atoms with E-state index in [9.17, 15) is 9.18 Å². The third kappa shape index (κ3) is 6.33. The summed E-state index contributed by atoms with van der Waals surface area (Å²) in [6.45, 7) is 3.38. The van der Waals surface area contributed by atoms with Crippen molar-refractivity contribution in [3.63, 3.8) is 0 Å². The summed E-state index contributed by atoms with van der Waals surface area (Å²) >= 11 is 6.25. The summed E-state index contributed by atoms with van der Waals surface area (Å²) in [4.78, 5) is 18.9. The van der Waals surface area contributed by atoms with Crippen molar-refractivity contribution < 1.29 is 13.9 Å². The maximum absolute atomic E-state index is 13.4. The zero-order chi connectivity index (χ0) is 24.5. The highest BCUT2D eigenvalue weighted by atomic mass is 35.5. The van der Waals surface area contributed by atoms with Crippen molar-refractivity contribution in [1.29, 1.82) is 0 Å². The zero-order valence-electron chi connectivity index (χ0n) is 18.9. The number of carbonyl (C=O) groups is 1. The van der Waals surface area contributed by atoms with Gasteiger partial charge in [-0.25, -0.2) is 15.8 Å². The number of pyridine rings is 1. The van der Waals surface area contributed by atoms with Gasteiger partial charge in [0.1, 0.15) is 17.9 Å². The van der Waals surface area contributed by atoms with Crippen LogP contribution in [0.25, 0.3) is 22.0 Å². The van der Waals surface area contributed by atoms with Gasteiger partial charge in [0.15, 0.2) is 6.10 Å². The second-order valence-corrected chi connectivity index (χ2v) is 8.12. The lowest BCUT2D eigenvalue weighted by Crippen LogP contribution is -2.43. The van der Waals surface area contributed by atoms with Crippen LogP contribution in [0.4, 0.5) is 4.39 Å². The van der Waals surface area contributed by atoms with Crippen molar-refractivity contribution in [2.75, 3.05) is 13.1 Å². The van der Waals surface area contributed by atoms with Crippen molar-refractivity contribution in [2.24, 2.45) is 16.7 Å². The van der Waals surface area contributed by atoms with Crippen LogP contribution in [0.5, 0.6) is 5.75 Å². The third-order valence-electron chi connectivity index (χ3n) is 5.41. The first-order valence-corrected chi connectivity index (χ1v) is 11.3. The number of hydrogen-bond donors (Lipinski definition) is 3. The molecule has 1 amide bonds. The van der Waals surface area contributed by atoms with E-state index in [-0.39, 0.29) is 11.7 Å². The van der Waals surface area contributed by atoms with Gasteiger partial charge in [-0.05, 0) is 68.1 Å². The van der Waals surface area contributed by atoms with Gasteiger partial charge >= 0.3 is 0 Å². The van der Waals surface area contributed by atoms with Crippen LogP contribution in [-0.2, 0) is 4.79 Å². The first-order valence-electron chi connectivity index (χ1n) is 10.9. The number of hydrogen-bond acceptors (Lipinski definition) is 6. The van der Waals surface area contributed by atoms with Crippen molar-refractivity contribution in [1.82, 2.24) is 15.4 Å². The Morgan fingerprint density at radius 1 is 1.21 bits per heavy atom. The number of ether oxygens (including phenoxy) is 1. The van der Waals surface area contributed by atoms with Gasteiger partial charge in [0, 0.05) is 36.3 Å². The highest BCUT2D eigenvalue weighted by Crippen LogP contribution is 2.34. The molecule has 34 heavy (non-hydrogen) atoms. The third-order valence-corrected chi connectivity index (χ3v) is 5.73. The Hall–Kier alpha value is -3.43. The lowest BCUT2D eigenvalue weighted by Gasteiger charge is -2.29. The van der Waals surface area contributed by atoms with E-state index in [1.165, 1.54) is 18.6 Å². The standard InChI is InChI=1S/C23H22ClFN2O2.CH6N4/c1-15(23(28)27-11-3-2-4-12-27)29-17-6-8-20-18(9-10-26-22(20)14-17)19-7-5-16(25)13-21(19)24;2-1-4-5-3/h5-10,13-15H,2-4,11-12H2,1H3;1,5H,3H2,(H2,2,4). The number of aromatic nitrogens is 1. The van der Waals surface area contributed by atoms with Gasteiger partial charge in [-0.2, -0.15) is 5.10 Å². The van der Waals surface area contributed by atoms with Gasteiger partial charge in [-0.1, -0.05) is 11.6 Å². The number of nitrogens with zero attached hydrogens (tertiary/aromatic N) is 3. The number of carbonyl (C=O) groups excluding carboxylic acids is 1. The Kier molecular flexibility index (Phi) is 9.00. The van der Waals surface area contributed by atoms with Gasteiger partial charge in [0.2, 0.25) is 0 Å². The van der Waals surface area contributed by atoms with Gasteiger partial charge in [-0.3, -0.25) is 9.78 Å². The number of hydrazine groups is 1. The van der Waals surface area contributed by atoms with Crippen molar-refractivity contribution >= 4 is 34.7 Å². The summed E-state index contributed by atoms with van der Waals surface area (Å²) in [6.07, 6.45) is 5.47. The molecule has 10 heteroatoms. The van der Waals surface area contributed by atoms with E-state index in [1.807, 2.05) is 34.7 Å². The van der Waals surface area contributed by atoms with E-state index in [0.717, 1.165) is 54.3 Å². The van der Waals surface area contributed by atoms with Crippen LogP contribution in [0.15, 0.2) is 53.8 Å². The summed E-state index contributed by atoms with van der Waals surface area (Å²) in [5.74, 6) is 4.84. The molecule has 1 aliphatic heterocycles. The number of likely N-dealkylation sites (tertiary alicyclic amines) is 1. The monoisotopic (exact) mass is 486 g/mol. The molecule has 1 aliphatic rings.